The van der Waals surface area contributed by atoms with Crippen LogP contribution in [0.5, 0.6) is 0 Å². The number of hydrogen-bond acceptors (Lipinski definition) is 3. The highest BCUT2D eigenvalue weighted by atomic mass is 35.5. The molecule has 1 fully saturated rings. The summed E-state index contributed by atoms with van der Waals surface area (Å²) < 4.78 is 0. The van der Waals surface area contributed by atoms with E-state index in [4.69, 9.17) is 11.6 Å². The Balaban J connectivity index is 2.26. The molecule has 0 aliphatic heterocycles. The van der Waals surface area contributed by atoms with E-state index in [0.717, 1.165) is 18.4 Å². The fraction of sp³-hybridized carbons (Fsp3) is 0.444. The quantitative estimate of drug-likeness (QED) is 0.535. The molecular formula is C9H9ClN2O. The number of rotatable bonds is 2. The minimum absolute atomic E-state index is 0.144. The Morgan fingerprint density at radius 1 is 1.62 bits per heavy atom. The van der Waals surface area contributed by atoms with Crippen LogP contribution in [0.25, 0.3) is 0 Å². The zero-order chi connectivity index (χ0) is 9.42. The van der Waals surface area contributed by atoms with Crippen molar-refractivity contribution in [1.82, 2.24) is 9.97 Å². The van der Waals surface area contributed by atoms with E-state index in [-0.39, 0.29) is 11.8 Å². The standard InChI is InChI=1S/C9H9ClN2O/c1-5-11-8(3-9(10)12-5)7-2-6(7)4-13/h3-4,6-7H,2H2,1H3/t6-,7-/m1/s1. The van der Waals surface area contributed by atoms with E-state index in [1.807, 2.05) is 0 Å². The molecule has 0 saturated heterocycles. The van der Waals surface area contributed by atoms with E-state index in [1.165, 1.54) is 0 Å². The maximum Gasteiger partial charge on any atom is 0.133 e. The predicted octanol–water partition coefficient (Wildman–Crippen LogP) is 1.74. The summed E-state index contributed by atoms with van der Waals surface area (Å²) in [5, 5.41) is 0.457. The first kappa shape index (κ1) is 8.63. The summed E-state index contributed by atoms with van der Waals surface area (Å²) in [6.45, 7) is 1.80. The molecule has 0 N–H and O–H groups in total. The van der Waals surface area contributed by atoms with Crippen LogP contribution >= 0.6 is 11.6 Å². The van der Waals surface area contributed by atoms with Crippen molar-refractivity contribution >= 4 is 17.9 Å². The molecule has 1 aliphatic rings. The second kappa shape index (κ2) is 3.07. The first-order chi connectivity index (χ1) is 6.20. The van der Waals surface area contributed by atoms with Crippen LogP contribution in [-0.4, -0.2) is 16.3 Å². The molecule has 3 nitrogen and oxygen atoms in total. The number of carbonyl (C=O) groups excluding carboxylic acids is 1. The summed E-state index contributed by atoms with van der Waals surface area (Å²) in [6.07, 6.45) is 1.88. The monoisotopic (exact) mass is 196 g/mol. The molecule has 0 bridgehead atoms. The van der Waals surface area contributed by atoms with Crippen LogP contribution in [0.2, 0.25) is 5.15 Å². The highest BCUT2D eigenvalue weighted by molar-refractivity contribution is 6.29. The van der Waals surface area contributed by atoms with Crippen LogP contribution in [0, 0.1) is 12.8 Å². The summed E-state index contributed by atoms with van der Waals surface area (Å²) in [5.41, 5.74) is 0.898. The molecule has 0 aromatic carbocycles. The molecule has 13 heavy (non-hydrogen) atoms. The average molecular weight is 197 g/mol. The zero-order valence-electron chi connectivity index (χ0n) is 7.20. The Kier molecular flexibility index (Phi) is 2.04. The van der Waals surface area contributed by atoms with Crippen LogP contribution in [0.15, 0.2) is 6.07 Å². The highest BCUT2D eigenvalue weighted by Gasteiger charge is 2.39. The van der Waals surface area contributed by atoms with Gasteiger partial charge < -0.3 is 4.79 Å². The van der Waals surface area contributed by atoms with Gasteiger partial charge in [0, 0.05) is 17.5 Å². The molecule has 2 atom stereocenters. The SMILES string of the molecule is Cc1nc(Cl)cc([C@@H]2C[C@@H]2C=O)n1. The summed E-state index contributed by atoms with van der Waals surface area (Å²) in [4.78, 5) is 18.6. The summed E-state index contributed by atoms with van der Waals surface area (Å²) in [5.74, 6) is 1.08. The van der Waals surface area contributed by atoms with Gasteiger partial charge in [0.2, 0.25) is 0 Å². The lowest BCUT2D eigenvalue weighted by Gasteiger charge is -1.99. The van der Waals surface area contributed by atoms with Crippen molar-refractivity contribution < 1.29 is 4.79 Å². The number of hydrogen-bond donors (Lipinski definition) is 0. The van der Waals surface area contributed by atoms with Crippen molar-refractivity contribution in [1.29, 1.82) is 0 Å². The first-order valence-electron chi connectivity index (χ1n) is 4.17. The van der Waals surface area contributed by atoms with Gasteiger partial charge in [-0.2, -0.15) is 0 Å². The fourth-order valence-electron chi connectivity index (χ4n) is 1.45. The van der Waals surface area contributed by atoms with Crippen LogP contribution in [0.4, 0.5) is 0 Å². The molecule has 0 radical (unpaired) electrons. The van der Waals surface area contributed by atoms with Crippen LogP contribution < -0.4 is 0 Å². The predicted molar refractivity (Wildman–Crippen MR) is 48.7 cm³/mol. The van der Waals surface area contributed by atoms with Crippen molar-refractivity contribution in [2.75, 3.05) is 0 Å². The normalized spacial score (nSPS) is 25.7. The molecular weight excluding hydrogens is 188 g/mol. The molecule has 1 aromatic rings. The number of carbonyl (C=O) groups is 1. The van der Waals surface area contributed by atoms with Gasteiger partial charge >= 0.3 is 0 Å². The van der Waals surface area contributed by atoms with Gasteiger partial charge in [-0.15, -0.1) is 0 Å². The van der Waals surface area contributed by atoms with E-state index in [1.54, 1.807) is 13.0 Å². The Morgan fingerprint density at radius 2 is 2.38 bits per heavy atom. The fourth-order valence-corrected chi connectivity index (χ4v) is 1.68. The largest absolute Gasteiger partial charge is 0.303 e. The Bertz CT molecular complexity index is 333. The number of aromatic nitrogens is 2. The molecule has 1 heterocycles. The topological polar surface area (TPSA) is 42.9 Å². The van der Waals surface area contributed by atoms with Gasteiger partial charge in [0.05, 0.1) is 0 Å². The molecule has 1 saturated carbocycles. The second-order valence-corrected chi connectivity index (χ2v) is 3.69. The van der Waals surface area contributed by atoms with Gasteiger partial charge in [0.25, 0.3) is 0 Å². The van der Waals surface area contributed by atoms with Crippen LogP contribution in [-0.2, 0) is 4.79 Å². The van der Waals surface area contributed by atoms with Gasteiger partial charge in [-0.3, -0.25) is 0 Å². The van der Waals surface area contributed by atoms with Gasteiger partial charge in [-0.05, 0) is 19.4 Å². The zero-order valence-corrected chi connectivity index (χ0v) is 7.95. The number of halogens is 1. The highest BCUT2D eigenvalue weighted by Crippen LogP contribution is 2.45. The second-order valence-electron chi connectivity index (χ2n) is 3.30. The minimum atomic E-state index is 0.144. The average Bonchev–Trinajstić information content (AvgIpc) is 2.80. The third-order valence-electron chi connectivity index (χ3n) is 2.22. The lowest BCUT2D eigenvalue weighted by molar-refractivity contribution is -0.108. The lowest BCUT2D eigenvalue weighted by Crippen LogP contribution is -1.95. The van der Waals surface area contributed by atoms with E-state index in [2.05, 4.69) is 9.97 Å². The summed E-state index contributed by atoms with van der Waals surface area (Å²) in [7, 11) is 0. The van der Waals surface area contributed by atoms with Gasteiger partial charge in [-0.1, -0.05) is 11.6 Å². The molecule has 68 valence electrons. The van der Waals surface area contributed by atoms with Crippen molar-refractivity contribution in [2.45, 2.75) is 19.3 Å². The molecule has 1 aromatic heterocycles. The molecule has 1 aliphatic carbocycles. The Morgan fingerprint density at radius 3 is 2.92 bits per heavy atom. The van der Waals surface area contributed by atoms with Crippen molar-refractivity contribution in [3.63, 3.8) is 0 Å². The maximum atomic E-state index is 10.4. The summed E-state index contributed by atoms with van der Waals surface area (Å²) in [6, 6.07) is 1.74. The van der Waals surface area contributed by atoms with E-state index in [0.29, 0.717) is 11.0 Å². The minimum Gasteiger partial charge on any atom is -0.303 e. The van der Waals surface area contributed by atoms with E-state index >= 15 is 0 Å². The third kappa shape index (κ3) is 1.70. The van der Waals surface area contributed by atoms with Gasteiger partial charge in [0.1, 0.15) is 17.3 Å². The Hall–Kier alpha value is -0.960. The van der Waals surface area contributed by atoms with Crippen LogP contribution in [0.3, 0.4) is 0 Å². The molecule has 4 heteroatoms. The van der Waals surface area contributed by atoms with Gasteiger partial charge in [-0.25, -0.2) is 9.97 Å². The van der Waals surface area contributed by atoms with Gasteiger partial charge in [0.15, 0.2) is 0 Å². The molecule has 0 spiro atoms. The van der Waals surface area contributed by atoms with Crippen molar-refractivity contribution in [2.24, 2.45) is 5.92 Å². The van der Waals surface area contributed by atoms with E-state index < -0.39 is 0 Å². The van der Waals surface area contributed by atoms with Crippen LogP contribution in [0.1, 0.15) is 23.9 Å². The van der Waals surface area contributed by atoms with E-state index in [9.17, 15) is 4.79 Å². The lowest BCUT2D eigenvalue weighted by atomic mass is 10.2. The number of nitrogens with zero attached hydrogens (tertiary/aromatic N) is 2. The molecule has 0 unspecified atom stereocenters. The number of aldehydes is 1. The first-order valence-corrected chi connectivity index (χ1v) is 4.55. The number of aryl methyl sites for hydroxylation is 1. The summed E-state index contributed by atoms with van der Waals surface area (Å²) >= 11 is 5.77. The smallest absolute Gasteiger partial charge is 0.133 e. The maximum absolute atomic E-state index is 10.4. The van der Waals surface area contributed by atoms with Crippen molar-refractivity contribution in [3.05, 3.63) is 22.7 Å². The molecule has 0 amide bonds. The van der Waals surface area contributed by atoms with Crippen molar-refractivity contribution in [3.8, 4) is 0 Å². The third-order valence-corrected chi connectivity index (χ3v) is 2.41. The molecule has 2 rings (SSSR count). The Labute approximate surface area is 81.2 Å².